The first-order chi connectivity index (χ1) is 7.22. The summed E-state index contributed by atoms with van der Waals surface area (Å²) in [5.41, 5.74) is 2.05. The first-order valence-corrected chi connectivity index (χ1v) is 5.02. The molecule has 0 fully saturated rings. The van der Waals surface area contributed by atoms with Crippen molar-refractivity contribution in [2.45, 2.75) is 26.6 Å². The molecule has 0 radical (unpaired) electrons. The van der Waals surface area contributed by atoms with Crippen molar-refractivity contribution in [3.05, 3.63) is 35.4 Å². The lowest BCUT2D eigenvalue weighted by Gasteiger charge is -2.06. The normalized spacial score (nSPS) is 9.87. The number of ether oxygens (including phenoxy) is 1. The summed E-state index contributed by atoms with van der Waals surface area (Å²) >= 11 is 0. The van der Waals surface area contributed by atoms with Gasteiger partial charge in [0.25, 0.3) is 0 Å². The summed E-state index contributed by atoms with van der Waals surface area (Å²) in [5, 5.41) is 8.53. The zero-order valence-electron chi connectivity index (χ0n) is 9.16. The molecule has 0 unspecified atom stereocenters. The summed E-state index contributed by atoms with van der Waals surface area (Å²) < 4.78 is 5.47. The predicted octanol–water partition coefficient (Wildman–Crippen LogP) is 1.96. The Morgan fingerprint density at radius 3 is 2.47 bits per heavy atom. The summed E-state index contributed by atoms with van der Waals surface area (Å²) in [4.78, 5) is 0. The van der Waals surface area contributed by atoms with Gasteiger partial charge in [0.15, 0.2) is 0 Å². The highest BCUT2D eigenvalue weighted by Crippen LogP contribution is 2.06. The Morgan fingerprint density at radius 2 is 1.93 bits per heavy atom. The molecular weight excluding hydrogens is 188 g/mol. The van der Waals surface area contributed by atoms with Crippen molar-refractivity contribution < 1.29 is 9.84 Å². The van der Waals surface area contributed by atoms with Crippen LogP contribution in [0.2, 0.25) is 0 Å². The van der Waals surface area contributed by atoms with Crippen molar-refractivity contribution in [2.75, 3.05) is 6.61 Å². The van der Waals surface area contributed by atoms with E-state index < -0.39 is 0 Å². The molecule has 0 aromatic heterocycles. The van der Waals surface area contributed by atoms with Gasteiger partial charge in [-0.15, -0.1) is 0 Å². The Labute approximate surface area is 90.9 Å². The Balaban J connectivity index is 2.56. The van der Waals surface area contributed by atoms with Gasteiger partial charge in [0.1, 0.15) is 6.61 Å². The molecule has 0 spiro atoms. The fourth-order valence-corrected chi connectivity index (χ4v) is 1.09. The van der Waals surface area contributed by atoms with Gasteiger partial charge in [-0.05, 0) is 31.5 Å². The third-order valence-electron chi connectivity index (χ3n) is 1.85. The lowest BCUT2D eigenvalue weighted by atomic mass is 10.1. The molecule has 0 aliphatic rings. The van der Waals surface area contributed by atoms with Crippen molar-refractivity contribution in [1.29, 1.82) is 0 Å². The molecule has 80 valence electrons. The number of rotatable bonds is 3. The third-order valence-corrected chi connectivity index (χ3v) is 1.85. The molecule has 1 rings (SSSR count). The molecule has 0 heterocycles. The number of hydrogen-bond acceptors (Lipinski definition) is 2. The molecular formula is C13H16O2. The van der Waals surface area contributed by atoms with E-state index in [0.29, 0.717) is 6.61 Å². The number of hydrogen-bond donors (Lipinski definition) is 1. The van der Waals surface area contributed by atoms with Gasteiger partial charge >= 0.3 is 0 Å². The quantitative estimate of drug-likeness (QED) is 0.763. The molecule has 2 nitrogen and oxygen atoms in total. The Hall–Kier alpha value is -1.30. The number of aliphatic hydroxyl groups excluding tert-OH is 1. The second-order valence-electron chi connectivity index (χ2n) is 3.52. The smallest absolute Gasteiger partial charge is 0.104 e. The molecule has 0 saturated carbocycles. The van der Waals surface area contributed by atoms with Gasteiger partial charge in [-0.1, -0.05) is 24.0 Å². The van der Waals surface area contributed by atoms with Crippen LogP contribution >= 0.6 is 0 Å². The van der Waals surface area contributed by atoms with Crippen molar-refractivity contribution in [3.8, 4) is 11.8 Å². The number of benzene rings is 1. The summed E-state index contributed by atoms with van der Waals surface area (Å²) in [5.74, 6) is 5.45. The monoisotopic (exact) mass is 204 g/mol. The van der Waals surface area contributed by atoms with Gasteiger partial charge in [-0.2, -0.15) is 0 Å². The third kappa shape index (κ3) is 4.64. The van der Waals surface area contributed by atoms with Crippen LogP contribution in [0.5, 0.6) is 0 Å². The SMILES string of the molecule is CC(C)OCc1ccc(C#CCO)cc1. The Bertz CT molecular complexity index is 341. The van der Waals surface area contributed by atoms with Crippen LogP contribution < -0.4 is 0 Å². The van der Waals surface area contributed by atoms with E-state index in [1.54, 1.807) is 0 Å². The first kappa shape index (κ1) is 11.8. The molecule has 0 bridgehead atoms. The lowest BCUT2D eigenvalue weighted by Crippen LogP contribution is -2.01. The van der Waals surface area contributed by atoms with Crippen LogP contribution in [0.3, 0.4) is 0 Å². The minimum Gasteiger partial charge on any atom is -0.384 e. The van der Waals surface area contributed by atoms with E-state index in [1.807, 2.05) is 38.1 Å². The molecule has 0 saturated heterocycles. The largest absolute Gasteiger partial charge is 0.384 e. The van der Waals surface area contributed by atoms with E-state index in [-0.39, 0.29) is 12.7 Å². The minimum absolute atomic E-state index is 0.0990. The summed E-state index contributed by atoms with van der Waals surface area (Å²) in [6, 6.07) is 7.84. The lowest BCUT2D eigenvalue weighted by molar-refractivity contribution is 0.0657. The second kappa shape index (κ2) is 6.23. The highest BCUT2D eigenvalue weighted by Gasteiger charge is 1.95. The first-order valence-electron chi connectivity index (χ1n) is 5.02. The highest BCUT2D eigenvalue weighted by molar-refractivity contribution is 5.35. The molecule has 0 aliphatic carbocycles. The zero-order valence-corrected chi connectivity index (χ0v) is 9.16. The van der Waals surface area contributed by atoms with Gasteiger partial charge in [0, 0.05) is 5.56 Å². The average molecular weight is 204 g/mol. The van der Waals surface area contributed by atoms with E-state index in [9.17, 15) is 0 Å². The molecule has 0 amide bonds. The van der Waals surface area contributed by atoms with Gasteiger partial charge in [0.05, 0.1) is 12.7 Å². The summed E-state index contributed by atoms with van der Waals surface area (Å²) in [7, 11) is 0. The maximum absolute atomic E-state index is 8.53. The van der Waals surface area contributed by atoms with Crippen LogP contribution in [0.4, 0.5) is 0 Å². The Kier molecular flexibility index (Phi) is 4.89. The summed E-state index contributed by atoms with van der Waals surface area (Å²) in [6.45, 7) is 4.56. The topological polar surface area (TPSA) is 29.5 Å². The van der Waals surface area contributed by atoms with Crippen LogP contribution in [-0.2, 0) is 11.3 Å². The molecule has 0 atom stereocenters. The molecule has 1 aromatic rings. The molecule has 15 heavy (non-hydrogen) atoms. The zero-order chi connectivity index (χ0) is 11.1. The van der Waals surface area contributed by atoms with Crippen LogP contribution in [0, 0.1) is 11.8 Å². The average Bonchev–Trinajstić information content (AvgIpc) is 2.25. The second-order valence-corrected chi connectivity index (χ2v) is 3.52. The Morgan fingerprint density at radius 1 is 1.27 bits per heavy atom. The molecule has 1 N–H and O–H groups in total. The molecule has 1 aromatic carbocycles. The van der Waals surface area contributed by atoms with E-state index in [2.05, 4.69) is 11.8 Å². The van der Waals surface area contributed by atoms with Gasteiger partial charge < -0.3 is 9.84 Å². The van der Waals surface area contributed by atoms with Crippen LogP contribution in [0.15, 0.2) is 24.3 Å². The van der Waals surface area contributed by atoms with Crippen LogP contribution in [-0.4, -0.2) is 17.8 Å². The summed E-state index contributed by atoms with van der Waals surface area (Å²) in [6.07, 6.45) is 0.249. The van der Waals surface area contributed by atoms with E-state index in [1.165, 1.54) is 0 Å². The fraction of sp³-hybridized carbons (Fsp3) is 0.385. The minimum atomic E-state index is -0.0990. The van der Waals surface area contributed by atoms with Crippen LogP contribution in [0.1, 0.15) is 25.0 Å². The van der Waals surface area contributed by atoms with Gasteiger partial charge in [-0.25, -0.2) is 0 Å². The van der Waals surface area contributed by atoms with Gasteiger partial charge in [-0.3, -0.25) is 0 Å². The number of aliphatic hydroxyl groups is 1. The predicted molar refractivity (Wildman–Crippen MR) is 60.3 cm³/mol. The highest BCUT2D eigenvalue weighted by atomic mass is 16.5. The van der Waals surface area contributed by atoms with Crippen molar-refractivity contribution in [1.82, 2.24) is 0 Å². The molecule has 0 aliphatic heterocycles. The van der Waals surface area contributed by atoms with Crippen molar-refractivity contribution in [2.24, 2.45) is 0 Å². The van der Waals surface area contributed by atoms with Crippen molar-refractivity contribution >= 4 is 0 Å². The maximum atomic E-state index is 8.53. The van der Waals surface area contributed by atoms with E-state index in [0.717, 1.165) is 11.1 Å². The fourth-order valence-electron chi connectivity index (χ4n) is 1.09. The molecule has 2 heteroatoms. The van der Waals surface area contributed by atoms with E-state index in [4.69, 9.17) is 9.84 Å². The van der Waals surface area contributed by atoms with E-state index >= 15 is 0 Å². The van der Waals surface area contributed by atoms with Gasteiger partial charge in [0.2, 0.25) is 0 Å². The maximum Gasteiger partial charge on any atom is 0.104 e. The van der Waals surface area contributed by atoms with Crippen molar-refractivity contribution in [3.63, 3.8) is 0 Å². The van der Waals surface area contributed by atoms with Crippen LogP contribution in [0.25, 0.3) is 0 Å². The standard InChI is InChI=1S/C13H16O2/c1-11(2)15-10-13-7-5-12(6-8-13)4-3-9-14/h5-8,11,14H,9-10H2,1-2H3.